The van der Waals surface area contributed by atoms with Gasteiger partial charge in [0.15, 0.2) is 5.13 Å². The van der Waals surface area contributed by atoms with Crippen LogP contribution in [0.1, 0.15) is 28.1 Å². The molecule has 28 heavy (non-hydrogen) atoms. The predicted molar refractivity (Wildman–Crippen MR) is 107 cm³/mol. The highest BCUT2D eigenvalue weighted by Gasteiger charge is 2.35. The summed E-state index contributed by atoms with van der Waals surface area (Å²) in [6.07, 6.45) is -2.96. The number of carbonyl (C=O) groups is 1. The molecule has 0 saturated carbocycles. The van der Waals surface area contributed by atoms with E-state index in [-0.39, 0.29) is 29.2 Å². The minimum atomic E-state index is -4.51. The van der Waals surface area contributed by atoms with Crippen molar-refractivity contribution in [3.63, 3.8) is 0 Å². The molecule has 1 fully saturated rings. The van der Waals surface area contributed by atoms with Crippen molar-refractivity contribution in [2.75, 3.05) is 18.1 Å². The highest BCUT2D eigenvalue weighted by molar-refractivity contribution is 9.11. The third-order valence-electron chi connectivity index (χ3n) is 4.38. The van der Waals surface area contributed by atoms with Crippen molar-refractivity contribution in [2.45, 2.75) is 25.1 Å². The monoisotopic (exact) mass is 490 g/mol. The molecule has 0 spiro atoms. The Hall–Kier alpha value is -1.49. The first kappa shape index (κ1) is 19.8. The number of thiazole rings is 1. The molecular formula is C18H14BrF3N2O2S2. The molecule has 10 heteroatoms. The van der Waals surface area contributed by atoms with Gasteiger partial charge in [0.1, 0.15) is 0 Å². The molecule has 0 unspecified atom stereocenters. The second-order valence-electron chi connectivity index (χ2n) is 6.30. The lowest BCUT2D eigenvalue weighted by Crippen LogP contribution is -2.37. The molecule has 1 amide bonds. The highest BCUT2D eigenvalue weighted by atomic mass is 79.9. The van der Waals surface area contributed by atoms with Gasteiger partial charge in [0.25, 0.3) is 5.91 Å². The number of aromatic nitrogens is 1. The zero-order chi connectivity index (χ0) is 19.9. The molecule has 1 aliphatic heterocycles. The predicted octanol–water partition coefficient (Wildman–Crippen LogP) is 5.96. The standard InChI is InChI=1S/C18H14BrF3N2O2S2/c19-14-7-6-13(27-14)16(25)24(9-10-3-2-8-26-10)17-23-15-11(18(20,21)22)4-1-5-12(15)28-17/h1,4-7,10H,2-3,8-9H2/t10-/m0/s1. The van der Waals surface area contributed by atoms with E-state index in [9.17, 15) is 18.0 Å². The van der Waals surface area contributed by atoms with Crippen molar-refractivity contribution in [3.8, 4) is 0 Å². The molecule has 3 aromatic rings. The topological polar surface area (TPSA) is 42.4 Å². The number of rotatable bonds is 4. The van der Waals surface area contributed by atoms with Gasteiger partial charge in [-0.3, -0.25) is 9.69 Å². The van der Waals surface area contributed by atoms with Crippen molar-refractivity contribution in [3.05, 3.63) is 44.6 Å². The number of benzene rings is 1. The number of hydrogen-bond acceptors (Lipinski definition) is 5. The summed E-state index contributed by atoms with van der Waals surface area (Å²) in [6.45, 7) is 0.880. The molecule has 0 bridgehead atoms. The third kappa shape index (κ3) is 3.96. The van der Waals surface area contributed by atoms with Crippen LogP contribution in [0.5, 0.6) is 0 Å². The molecule has 1 atom stereocenters. The van der Waals surface area contributed by atoms with Gasteiger partial charge in [-0.05, 0) is 53.0 Å². The van der Waals surface area contributed by atoms with Crippen molar-refractivity contribution >= 4 is 59.9 Å². The maximum absolute atomic E-state index is 13.3. The number of hydrogen-bond donors (Lipinski definition) is 0. The fraction of sp³-hybridized carbons (Fsp3) is 0.333. The molecule has 0 radical (unpaired) electrons. The van der Waals surface area contributed by atoms with Crippen LogP contribution in [-0.2, 0) is 10.9 Å². The highest BCUT2D eigenvalue weighted by Crippen LogP contribution is 2.39. The summed E-state index contributed by atoms with van der Waals surface area (Å²) in [4.78, 5) is 19.3. The summed E-state index contributed by atoms with van der Waals surface area (Å²) in [5.74, 6) is -0.293. The number of alkyl halides is 3. The van der Waals surface area contributed by atoms with Crippen LogP contribution in [0.15, 0.2) is 34.1 Å². The summed E-state index contributed by atoms with van der Waals surface area (Å²) in [5, 5.41) is 0.247. The molecule has 1 aromatic carbocycles. The summed E-state index contributed by atoms with van der Waals surface area (Å²) < 4.78 is 46.9. The van der Waals surface area contributed by atoms with E-state index in [4.69, 9.17) is 4.74 Å². The number of thiophene rings is 1. The van der Waals surface area contributed by atoms with Crippen LogP contribution in [0, 0.1) is 0 Å². The van der Waals surface area contributed by atoms with Crippen LogP contribution in [0.2, 0.25) is 0 Å². The Morgan fingerprint density at radius 1 is 1.29 bits per heavy atom. The number of amides is 1. The molecule has 3 heterocycles. The van der Waals surface area contributed by atoms with Crippen LogP contribution >= 0.6 is 38.6 Å². The van der Waals surface area contributed by atoms with Crippen LogP contribution in [0.25, 0.3) is 10.2 Å². The summed E-state index contributed by atoms with van der Waals surface area (Å²) in [6, 6.07) is 7.41. The zero-order valence-corrected chi connectivity index (χ0v) is 17.6. The first-order chi connectivity index (χ1) is 13.3. The number of nitrogens with zero attached hydrogens (tertiary/aromatic N) is 2. The van der Waals surface area contributed by atoms with Gasteiger partial charge in [0.2, 0.25) is 0 Å². The summed E-state index contributed by atoms with van der Waals surface area (Å²) >= 11 is 5.69. The van der Waals surface area contributed by atoms with E-state index in [2.05, 4.69) is 20.9 Å². The van der Waals surface area contributed by atoms with Crippen molar-refractivity contribution in [1.29, 1.82) is 0 Å². The number of halogens is 4. The Labute approximate surface area is 175 Å². The minimum absolute atomic E-state index is 0.132. The molecule has 2 aromatic heterocycles. The van der Waals surface area contributed by atoms with Gasteiger partial charge in [0, 0.05) is 6.61 Å². The van der Waals surface area contributed by atoms with E-state index in [1.807, 2.05) is 0 Å². The van der Waals surface area contributed by atoms with Gasteiger partial charge in [-0.2, -0.15) is 13.2 Å². The SMILES string of the molecule is O=C(c1ccc(Br)s1)N(C[C@@H]1CCCO1)c1nc2c(C(F)(F)F)cccc2s1. The van der Waals surface area contributed by atoms with Crippen molar-refractivity contribution in [1.82, 2.24) is 4.98 Å². The van der Waals surface area contributed by atoms with Gasteiger partial charge < -0.3 is 4.74 Å². The first-order valence-electron chi connectivity index (χ1n) is 8.48. The minimum Gasteiger partial charge on any atom is -0.376 e. The second-order valence-corrected chi connectivity index (χ2v) is 9.77. The van der Waals surface area contributed by atoms with Gasteiger partial charge in [-0.15, -0.1) is 11.3 Å². The Morgan fingerprint density at radius 2 is 2.11 bits per heavy atom. The molecule has 0 N–H and O–H groups in total. The molecule has 4 rings (SSSR count). The van der Waals surface area contributed by atoms with Crippen molar-refractivity contribution in [2.24, 2.45) is 0 Å². The zero-order valence-electron chi connectivity index (χ0n) is 14.3. The molecule has 148 valence electrons. The number of para-hydroxylation sites is 1. The smallest absolute Gasteiger partial charge is 0.376 e. The van der Waals surface area contributed by atoms with Crippen LogP contribution < -0.4 is 4.90 Å². The van der Waals surface area contributed by atoms with E-state index >= 15 is 0 Å². The molecule has 1 saturated heterocycles. The average Bonchev–Trinajstić information content (AvgIpc) is 3.37. The van der Waals surface area contributed by atoms with Crippen LogP contribution in [0.3, 0.4) is 0 Å². The molecule has 1 aliphatic rings. The Kier molecular flexibility index (Phi) is 5.47. The number of anilines is 1. The summed E-state index contributed by atoms with van der Waals surface area (Å²) in [7, 11) is 0. The molecular weight excluding hydrogens is 477 g/mol. The van der Waals surface area contributed by atoms with E-state index in [0.717, 1.165) is 34.0 Å². The molecule has 0 aliphatic carbocycles. The van der Waals surface area contributed by atoms with E-state index in [0.29, 0.717) is 16.2 Å². The van der Waals surface area contributed by atoms with Gasteiger partial charge in [0.05, 0.1) is 37.1 Å². The van der Waals surface area contributed by atoms with Crippen LogP contribution in [0.4, 0.5) is 18.3 Å². The number of carbonyl (C=O) groups excluding carboxylic acids is 1. The third-order valence-corrected chi connectivity index (χ3v) is 7.04. The van der Waals surface area contributed by atoms with E-state index in [1.54, 1.807) is 18.2 Å². The first-order valence-corrected chi connectivity index (χ1v) is 10.9. The fourth-order valence-corrected chi connectivity index (χ4v) is 5.42. The van der Waals surface area contributed by atoms with E-state index < -0.39 is 11.7 Å². The quantitative estimate of drug-likeness (QED) is 0.452. The Balaban J connectivity index is 1.76. The lowest BCUT2D eigenvalue weighted by molar-refractivity contribution is -0.136. The lowest BCUT2D eigenvalue weighted by atomic mass is 10.2. The van der Waals surface area contributed by atoms with Gasteiger partial charge >= 0.3 is 6.18 Å². The maximum atomic E-state index is 13.3. The van der Waals surface area contributed by atoms with Crippen molar-refractivity contribution < 1.29 is 22.7 Å². The van der Waals surface area contributed by atoms with Gasteiger partial charge in [-0.1, -0.05) is 17.4 Å². The average molecular weight is 491 g/mol. The van der Waals surface area contributed by atoms with E-state index in [1.165, 1.54) is 22.3 Å². The molecule has 4 nitrogen and oxygen atoms in total. The Morgan fingerprint density at radius 3 is 2.75 bits per heavy atom. The number of ether oxygens (including phenoxy) is 1. The van der Waals surface area contributed by atoms with Crippen LogP contribution in [-0.4, -0.2) is 30.1 Å². The maximum Gasteiger partial charge on any atom is 0.418 e. The normalized spacial score (nSPS) is 17.4. The lowest BCUT2D eigenvalue weighted by Gasteiger charge is -2.22. The largest absolute Gasteiger partial charge is 0.418 e. The fourth-order valence-electron chi connectivity index (χ4n) is 3.08. The summed E-state index contributed by atoms with van der Waals surface area (Å²) in [5.41, 5.74) is -0.927. The second kappa shape index (κ2) is 7.74. The number of fused-ring (bicyclic) bond motifs is 1. The van der Waals surface area contributed by atoms with Gasteiger partial charge in [-0.25, -0.2) is 4.98 Å². The Bertz CT molecular complexity index is 1010.